The maximum Gasteiger partial charge on any atom is 0.408 e. The molecule has 0 unspecified atom stereocenters. The maximum absolute atomic E-state index is 12.9. The number of amides is 2. The van der Waals surface area contributed by atoms with Crippen LogP contribution in [0.3, 0.4) is 0 Å². The summed E-state index contributed by atoms with van der Waals surface area (Å²) in [6, 6.07) is 22.0. The van der Waals surface area contributed by atoms with Crippen molar-refractivity contribution in [2.75, 3.05) is 0 Å². The Morgan fingerprint density at radius 3 is 1.56 bits per heavy atom. The SMILES string of the molecule is CC(C)(C)OC(=O)N[C@@H](c1ccc(O)cc1)[C@@H](NC(=O)OC(C)(C)C)c1ccc(OCc2ccccc2)cc1. The highest BCUT2D eigenvalue weighted by Crippen LogP contribution is 2.32. The Labute approximate surface area is 230 Å². The Hall–Kier alpha value is -4.20. The highest BCUT2D eigenvalue weighted by atomic mass is 16.6. The summed E-state index contributed by atoms with van der Waals surface area (Å²) < 4.78 is 17.0. The Morgan fingerprint density at radius 1 is 0.692 bits per heavy atom. The number of hydrogen-bond acceptors (Lipinski definition) is 6. The quantitative estimate of drug-likeness (QED) is 0.293. The third-order valence-electron chi connectivity index (χ3n) is 5.42. The van der Waals surface area contributed by atoms with Gasteiger partial charge >= 0.3 is 12.2 Å². The predicted molar refractivity (Wildman–Crippen MR) is 150 cm³/mol. The van der Waals surface area contributed by atoms with Gasteiger partial charge in [0.25, 0.3) is 0 Å². The number of benzene rings is 3. The van der Waals surface area contributed by atoms with Gasteiger partial charge in [0.05, 0.1) is 12.1 Å². The van der Waals surface area contributed by atoms with Crippen LogP contribution in [0, 0.1) is 0 Å². The molecule has 3 N–H and O–H groups in total. The van der Waals surface area contributed by atoms with Gasteiger partial charge in [0.15, 0.2) is 0 Å². The molecular weight excluding hydrogens is 496 g/mol. The molecule has 0 aliphatic carbocycles. The van der Waals surface area contributed by atoms with Crippen molar-refractivity contribution < 1.29 is 28.9 Å². The molecule has 8 heteroatoms. The van der Waals surface area contributed by atoms with Crippen LogP contribution in [0.4, 0.5) is 9.59 Å². The molecule has 0 aromatic heterocycles. The van der Waals surface area contributed by atoms with E-state index in [1.165, 1.54) is 12.1 Å². The molecule has 0 spiro atoms. The van der Waals surface area contributed by atoms with E-state index in [0.717, 1.165) is 5.56 Å². The summed E-state index contributed by atoms with van der Waals surface area (Å²) in [5, 5.41) is 15.7. The molecule has 3 aromatic rings. The highest BCUT2D eigenvalue weighted by Gasteiger charge is 2.31. The molecular formula is C31H38N2O6. The number of phenols is 1. The minimum Gasteiger partial charge on any atom is -0.508 e. The van der Waals surface area contributed by atoms with Gasteiger partial charge in [0, 0.05) is 0 Å². The molecule has 0 aliphatic rings. The molecule has 39 heavy (non-hydrogen) atoms. The van der Waals surface area contributed by atoms with Crippen molar-refractivity contribution >= 4 is 12.2 Å². The van der Waals surface area contributed by atoms with E-state index in [1.807, 2.05) is 54.6 Å². The van der Waals surface area contributed by atoms with Gasteiger partial charge in [-0.15, -0.1) is 0 Å². The summed E-state index contributed by atoms with van der Waals surface area (Å²) in [6.07, 6.45) is -1.30. The Kier molecular flexibility index (Phi) is 9.46. The Morgan fingerprint density at radius 2 is 1.13 bits per heavy atom. The lowest BCUT2D eigenvalue weighted by Gasteiger charge is -2.31. The summed E-state index contributed by atoms with van der Waals surface area (Å²) in [7, 11) is 0. The second-order valence-corrected chi connectivity index (χ2v) is 11.2. The Bertz CT molecular complexity index is 1210. The maximum atomic E-state index is 12.9. The van der Waals surface area contributed by atoms with Crippen molar-refractivity contribution in [1.82, 2.24) is 10.6 Å². The zero-order valence-electron chi connectivity index (χ0n) is 23.4. The minimum atomic E-state index is -0.760. The molecule has 0 saturated heterocycles. The molecule has 0 bridgehead atoms. The van der Waals surface area contributed by atoms with Gasteiger partial charge < -0.3 is 30.0 Å². The number of carbonyl (C=O) groups excluding carboxylic acids is 2. The molecule has 0 aliphatic heterocycles. The van der Waals surface area contributed by atoms with Crippen molar-refractivity contribution in [2.45, 2.75) is 71.4 Å². The van der Waals surface area contributed by atoms with Gasteiger partial charge in [-0.05, 0) is 82.5 Å². The number of hydrogen-bond donors (Lipinski definition) is 3. The summed E-state index contributed by atoms with van der Waals surface area (Å²) >= 11 is 0. The van der Waals surface area contributed by atoms with Crippen molar-refractivity contribution in [3.05, 3.63) is 95.6 Å². The predicted octanol–water partition coefficient (Wildman–Crippen LogP) is 6.80. The second-order valence-electron chi connectivity index (χ2n) is 11.2. The summed E-state index contributed by atoms with van der Waals surface area (Å²) in [5.74, 6) is 0.728. The molecule has 0 saturated carbocycles. The molecule has 3 rings (SSSR count). The van der Waals surface area contributed by atoms with E-state index in [4.69, 9.17) is 14.2 Å². The fraction of sp³-hybridized carbons (Fsp3) is 0.355. The van der Waals surface area contributed by atoms with E-state index in [1.54, 1.807) is 53.7 Å². The van der Waals surface area contributed by atoms with Crippen molar-refractivity contribution in [3.63, 3.8) is 0 Å². The van der Waals surface area contributed by atoms with E-state index in [-0.39, 0.29) is 5.75 Å². The van der Waals surface area contributed by atoms with Crippen LogP contribution >= 0.6 is 0 Å². The van der Waals surface area contributed by atoms with Gasteiger partial charge in [0.2, 0.25) is 0 Å². The van der Waals surface area contributed by atoms with E-state index in [9.17, 15) is 14.7 Å². The van der Waals surface area contributed by atoms with Gasteiger partial charge in [-0.2, -0.15) is 0 Å². The summed E-state index contributed by atoms with van der Waals surface area (Å²) in [6.45, 7) is 11.0. The first kappa shape index (κ1) is 29.4. The number of carbonyl (C=O) groups is 2. The average molecular weight is 535 g/mol. The molecule has 2 amide bonds. The van der Waals surface area contributed by atoms with Crippen LogP contribution in [0.2, 0.25) is 0 Å². The van der Waals surface area contributed by atoms with Crippen molar-refractivity contribution in [1.29, 1.82) is 0 Å². The smallest absolute Gasteiger partial charge is 0.408 e. The number of nitrogens with one attached hydrogen (secondary N) is 2. The van der Waals surface area contributed by atoms with Gasteiger partial charge in [-0.3, -0.25) is 0 Å². The van der Waals surface area contributed by atoms with Gasteiger partial charge in [-0.25, -0.2) is 9.59 Å². The third kappa shape index (κ3) is 9.89. The average Bonchev–Trinajstić information content (AvgIpc) is 2.84. The van der Waals surface area contributed by atoms with Crippen LogP contribution in [0.5, 0.6) is 11.5 Å². The monoisotopic (exact) mass is 534 g/mol. The van der Waals surface area contributed by atoms with E-state index in [0.29, 0.717) is 23.5 Å². The summed E-state index contributed by atoms with van der Waals surface area (Å²) in [4.78, 5) is 25.8. The van der Waals surface area contributed by atoms with Crippen LogP contribution in [-0.4, -0.2) is 28.5 Å². The van der Waals surface area contributed by atoms with Crippen LogP contribution in [0.15, 0.2) is 78.9 Å². The zero-order valence-corrected chi connectivity index (χ0v) is 23.4. The fourth-order valence-electron chi connectivity index (χ4n) is 3.78. The fourth-order valence-corrected chi connectivity index (χ4v) is 3.78. The lowest BCUT2D eigenvalue weighted by molar-refractivity contribution is 0.0427. The largest absolute Gasteiger partial charge is 0.508 e. The summed E-state index contributed by atoms with van der Waals surface area (Å²) in [5.41, 5.74) is 0.928. The Balaban J connectivity index is 1.94. The van der Waals surface area contributed by atoms with Crippen molar-refractivity contribution in [3.8, 4) is 11.5 Å². The van der Waals surface area contributed by atoms with Crippen LogP contribution < -0.4 is 15.4 Å². The first-order chi connectivity index (χ1) is 18.3. The lowest BCUT2D eigenvalue weighted by Crippen LogP contribution is -2.44. The first-order valence-electron chi connectivity index (χ1n) is 12.8. The highest BCUT2D eigenvalue weighted by molar-refractivity contribution is 5.71. The third-order valence-corrected chi connectivity index (χ3v) is 5.42. The van der Waals surface area contributed by atoms with Gasteiger partial charge in [0.1, 0.15) is 29.3 Å². The number of aromatic hydroxyl groups is 1. The van der Waals surface area contributed by atoms with E-state index >= 15 is 0 Å². The number of alkyl carbamates (subject to hydrolysis) is 2. The second kappa shape index (κ2) is 12.6. The zero-order chi connectivity index (χ0) is 28.6. The molecule has 2 atom stereocenters. The van der Waals surface area contributed by atoms with Gasteiger partial charge in [-0.1, -0.05) is 54.6 Å². The first-order valence-corrected chi connectivity index (χ1v) is 12.8. The molecule has 8 nitrogen and oxygen atoms in total. The van der Waals surface area contributed by atoms with Crippen LogP contribution in [0.1, 0.15) is 70.3 Å². The topological polar surface area (TPSA) is 106 Å². The minimum absolute atomic E-state index is 0.0753. The molecule has 3 aromatic carbocycles. The number of rotatable bonds is 8. The standard InChI is InChI=1S/C31H38N2O6/c1-30(2,3)38-28(35)32-26(22-12-16-24(34)17-13-22)27(33-29(36)39-31(4,5)6)23-14-18-25(19-15-23)37-20-21-10-8-7-9-11-21/h7-19,26-27,34H,20H2,1-6H3,(H,32,35)(H,33,36)/t26-,27-/m0/s1. The van der Waals surface area contributed by atoms with Crippen molar-refractivity contribution in [2.24, 2.45) is 0 Å². The normalized spacial score (nSPS) is 13.1. The molecule has 0 heterocycles. The lowest BCUT2D eigenvalue weighted by atomic mass is 9.93. The van der Waals surface area contributed by atoms with E-state index < -0.39 is 35.5 Å². The molecule has 0 radical (unpaired) electrons. The molecule has 0 fully saturated rings. The number of ether oxygens (including phenoxy) is 3. The van der Waals surface area contributed by atoms with E-state index in [2.05, 4.69) is 10.6 Å². The molecule has 208 valence electrons. The number of phenolic OH excluding ortho intramolecular Hbond substituents is 1. The van der Waals surface area contributed by atoms with Crippen LogP contribution in [-0.2, 0) is 16.1 Å². The van der Waals surface area contributed by atoms with Crippen LogP contribution in [0.25, 0.3) is 0 Å².